The lowest BCUT2D eigenvalue weighted by Gasteiger charge is -2.14. The maximum Gasteiger partial charge on any atom is 0.344 e. The summed E-state index contributed by atoms with van der Waals surface area (Å²) < 4.78 is 23.2. The monoisotopic (exact) mass is 385 g/mol. The van der Waals surface area contributed by atoms with Crippen molar-refractivity contribution in [3.63, 3.8) is 0 Å². The Labute approximate surface area is 153 Å². The number of benzene rings is 2. The lowest BCUT2D eigenvalue weighted by molar-refractivity contribution is -0.155. The highest BCUT2D eigenvalue weighted by Crippen LogP contribution is 2.22. The molecule has 0 unspecified atom stereocenters. The molecule has 2 rings (SSSR count). The van der Waals surface area contributed by atoms with Gasteiger partial charge in [-0.15, -0.1) is 0 Å². The number of halogens is 3. The van der Waals surface area contributed by atoms with E-state index in [1.165, 1.54) is 13.0 Å². The minimum Gasteiger partial charge on any atom is -0.482 e. The second kappa shape index (κ2) is 8.69. The summed E-state index contributed by atoms with van der Waals surface area (Å²) in [6, 6.07) is 10.0. The predicted molar refractivity (Wildman–Crippen MR) is 92.5 cm³/mol. The van der Waals surface area contributed by atoms with E-state index < -0.39 is 23.8 Å². The van der Waals surface area contributed by atoms with E-state index in [4.69, 9.17) is 32.7 Å². The van der Waals surface area contributed by atoms with Crippen LogP contribution in [0.15, 0.2) is 42.5 Å². The second-order valence-electron chi connectivity index (χ2n) is 4.99. The van der Waals surface area contributed by atoms with Gasteiger partial charge in [0.15, 0.2) is 12.7 Å². The summed E-state index contributed by atoms with van der Waals surface area (Å²) in [7, 11) is 0. The number of hydrogen-bond acceptors (Lipinski definition) is 4. The van der Waals surface area contributed by atoms with Crippen LogP contribution >= 0.6 is 23.2 Å². The van der Waals surface area contributed by atoms with Gasteiger partial charge in [-0.25, -0.2) is 9.18 Å². The quantitative estimate of drug-likeness (QED) is 0.760. The summed E-state index contributed by atoms with van der Waals surface area (Å²) in [6.07, 6.45) is -1.09. The Morgan fingerprint density at radius 3 is 2.64 bits per heavy atom. The minimum absolute atomic E-state index is 0.0381. The molecular weight excluding hydrogens is 372 g/mol. The first-order valence-electron chi connectivity index (χ1n) is 7.19. The van der Waals surface area contributed by atoms with Crippen molar-refractivity contribution in [2.75, 3.05) is 11.9 Å². The zero-order valence-electron chi connectivity index (χ0n) is 13.1. The van der Waals surface area contributed by atoms with Crippen molar-refractivity contribution in [3.8, 4) is 5.75 Å². The van der Waals surface area contributed by atoms with Crippen molar-refractivity contribution in [1.29, 1.82) is 0 Å². The van der Waals surface area contributed by atoms with Gasteiger partial charge in [0.1, 0.15) is 11.6 Å². The van der Waals surface area contributed by atoms with Crippen LogP contribution in [0.4, 0.5) is 10.1 Å². The van der Waals surface area contributed by atoms with E-state index in [9.17, 15) is 14.0 Å². The summed E-state index contributed by atoms with van der Waals surface area (Å²) in [4.78, 5) is 23.7. The molecule has 25 heavy (non-hydrogen) atoms. The number of esters is 1. The van der Waals surface area contributed by atoms with Crippen LogP contribution in [0.25, 0.3) is 0 Å². The molecular formula is C17H14Cl2FNO4. The van der Waals surface area contributed by atoms with Crippen molar-refractivity contribution in [2.24, 2.45) is 0 Å². The van der Waals surface area contributed by atoms with E-state index >= 15 is 0 Å². The molecule has 0 fully saturated rings. The lowest BCUT2D eigenvalue weighted by Crippen LogP contribution is -2.31. The number of ether oxygens (including phenoxy) is 2. The summed E-state index contributed by atoms with van der Waals surface area (Å²) in [6.45, 7) is 1.01. The fourth-order valence-electron chi connectivity index (χ4n) is 1.81. The van der Waals surface area contributed by atoms with Crippen LogP contribution in [0, 0.1) is 5.82 Å². The largest absolute Gasteiger partial charge is 0.482 e. The Morgan fingerprint density at radius 2 is 1.96 bits per heavy atom. The average Bonchev–Trinajstić information content (AvgIpc) is 2.55. The van der Waals surface area contributed by atoms with Crippen molar-refractivity contribution >= 4 is 40.8 Å². The van der Waals surface area contributed by atoms with Crippen LogP contribution in [-0.4, -0.2) is 24.6 Å². The van der Waals surface area contributed by atoms with Gasteiger partial charge in [-0.2, -0.15) is 0 Å². The Hall–Kier alpha value is -2.31. The average molecular weight is 386 g/mol. The molecule has 0 aliphatic heterocycles. The van der Waals surface area contributed by atoms with E-state index in [1.807, 2.05) is 0 Å². The van der Waals surface area contributed by atoms with Crippen LogP contribution in [0.2, 0.25) is 10.0 Å². The molecule has 1 amide bonds. The molecule has 0 spiro atoms. The third-order valence-electron chi connectivity index (χ3n) is 3.02. The number of amides is 1. The molecule has 0 saturated carbocycles. The molecule has 132 valence electrons. The number of carbonyl (C=O) groups excluding carboxylic acids is 2. The molecule has 0 aromatic heterocycles. The van der Waals surface area contributed by atoms with E-state index in [2.05, 4.69) is 5.32 Å². The molecule has 0 bridgehead atoms. The van der Waals surface area contributed by atoms with Crippen molar-refractivity contribution in [1.82, 2.24) is 0 Å². The summed E-state index contributed by atoms with van der Waals surface area (Å²) in [5.41, 5.74) is 0.214. The molecule has 0 saturated heterocycles. The molecule has 5 nitrogen and oxygen atoms in total. The topological polar surface area (TPSA) is 64.6 Å². The molecule has 1 N–H and O–H groups in total. The fraction of sp³-hybridized carbons (Fsp3) is 0.176. The number of nitrogens with one attached hydrogen (secondary N) is 1. The van der Waals surface area contributed by atoms with Crippen LogP contribution in [0.5, 0.6) is 5.75 Å². The van der Waals surface area contributed by atoms with Gasteiger partial charge in [0.05, 0.1) is 10.7 Å². The van der Waals surface area contributed by atoms with Gasteiger partial charge in [0.25, 0.3) is 5.91 Å². The smallest absolute Gasteiger partial charge is 0.344 e. The first-order valence-corrected chi connectivity index (χ1v) is 7.94. The Balaban J connectivity index is 1.84. The summed E-state index contributed by atoms with van der Waals surface area (Å²) in [5, 5.41) is 2.96. The van der Waals surface area contributed by atoms with Gasteiger partial charge in [0, 0.05) is 5.02 Å². The normalized spacial score (nSPS) is 11.5. The zero-order valence-corrected chi connectivity index (χ0v) is 14.6. The van der Waals surface area contributed by atoms with Gasteiger partial charge in [-0.1, -0.05) is 29.3 Å². The second-order valence-corrected chi connectivity index (χ2v) is 5.84. The van der Waals surface area contributed by atoms with Gasteiger partial charge in [-0.05, 0) is 43.3 Å². The van der Waals surface area contributed by atoms with E-state index in [1.54, 1.807) is 24.3 Å². The molecule has 2 aromatic carbocycles. The molecule has 8 heteroatoms. The lowest BCUT2D eigenvalue weighted by atomic mass is 10.3. The van der Waals surface area contributed by atoms with Gasteiger partial charge >= 0.3 is 5.97 Å². The van der Waals surface area contributed by atoms with Gasteiger partial charge in [0.2, 0.25) is 0 Å². The first-order chi connectivity index (χ1) is 11.8. The Kier molecular flexibility index (Phi) is 6.61. The van der Waals surface area contributed by atoms with Crippen molar-refractivity contribution in [2.45, 2.75) is 13.0 Å². The molecule has 0 aliphatic rings. The fourth-order valence-corrected chi connectivity index (χ4v) is 2.20. The number of anilines is 1. The van der Waals surface area contributed by atoms with E-state index in [-0.39, 0.29) is 17.3 Å². The highest BCUT2D eigenvalue weighted by molar-refractivity contribution is 6.33. The van der Waals surface area contributed by atoms with Gasteiger partial charge < -0.3 is 14.8 Å². The van der Waals surface area contributed by atoms with Crippen LogP contribution in [-0.2, 0) is 14.3 Å². The maximum atomic E-state index is 13.0. The Morgan fingerprint density at radius 1 is 1.20 bits per heavy atom. The molecule has 0 heterocycles. The van der Waals surface area contributed by atoms with E-state index in [0.29, 0.717) is 10.8 Å². The molecule has 0 radical (unpaired) electrons. The third-order valence-corrected chi connectivity index (χ3v) is 3.57. The van der Waals surface area contributed by atoms with E-state index in [0.717, 1.165) is 12.1 Å². The number of rotatable bonds is 6. The first kappa shape index (κ1) is 19.0. The molecule has 2 aromatic rings. The van der Waals surface area contributed by atoms with Crippen molar-refractivity contribution in [3.05, 3.63) is 58.3 Å². The van der Waals surface area contributed by atoms with Crippen LogP contribution in [0.1, 0.15) is 6.92 Å². The van der Waals surface area contributed by atoms with Crippen LogP contribution in [0.3, 0.4) is 0 Å². The number of hydrogen-bond donors (Lipinski definition) is 1. The third kappa shape index (κ3) is 5.92. The zero-order chi connectivity index (χ0) is 18.4. The minimum atomic E-state index is -1.09. The SMILES string of the molecule is C[C@H](OC(=O)COc1cccc(Cl)c1)C(=O)Nc1ccc(F)cc1Cl. The van der Waals surface area contributed by atoms with Gasteiger partial charge in [-0.3, -0.25) is 4.79 Å². The van der Waals surface area contributed by atoms with Crippen LogP contribution < -0.4 is 10.1 Å². The maximum absolute atomic E-state index is 13.0. The summed E-state index contributed by atoms with van der Waals surface area (Å²) in [5.74, 6) is -1.46. The summed E-state index contributed by atoms with van der Waals surface area (Å²) >= 11 is 11.6. The highest BCUT2D eigenvalue weighted by Gasteiger charge is 2.19. The molecule has 1 atom stereocenters. The standard InChI is InChI=1S/C17H14Cl2FNO4/c1-10(17(23)21-15-6-5-12(20)8-14(15)19)25-16(22)9-24-13-4-2-3-11(18)7-13/h2-8,10H,9H2,1H3,(H,21,23)/t10-/m0/s1. The number of carbonyl (C=O) groups is 2. The van der Waals surface area contributed by atoms with Crippen molar-refractivity contribution < 1.29 is 23.5 Å². The predicted octanol–water partition coefficient (Wildman–Crippen LogP) is 4.08. The Bertz CT molecular complexity index is 785. The highest BCUT2D eigenvalue weighted by atomic mass is 35.5. The molecule has 0 aliphatic carbocycles.